The van der Waals surface area contributed by atoms with Crippen molar-refractivity contribution in [3.05, 3.63) is 94.7 Å². The van der Waals surface area contributed by atoms with Gasteiger partial charge in [-0.2, -0.15) is 9.78 Å². The van der Waals surface area contributed by atoms with Gasteiger partial charge >= 0.3 is 6.03 Å². The van der Waals surface area contributed by atoms with E-state index in [0.29, 0.717) is 16.9 Å². The molecule has 0 atom stereocenters. The Bertz CT molecular complexity index is 1470. The summed E-state index contributed by atoms with van der Waals surface area (Å²) < 4.78 is 14.5. The van der Waals surface area contributed by atoms with Crippen molar-refractivity contribution in [1.29, 1.82) is 0 Å². The lowest BCUT2D eigenvalue weighted by molar-refractivity contribution is 0.102. The van der Waals surface area contributed by atoms with E-state index in [1.54, 1.807) is 42.5 Å². The Labute approximate surface area is 217 Å². The molecule has 188 valence electrons. The van der Waals surface area contributed by atoms with Gasteiger partial charge in [-0.3, -0.25) is 4.79 Å². The first-order valence-electron chi connectivity index (χ1n) is 11.8. The molecule has 1 fully saturated rings. The van der Waals surface area contributed by atoms with Crippen LogP contribution in [0.3, 0.4) is 0 Å². The van der Waals surface area contributed by atoms with E-state index >= 15 is 0 Å². The average molecular weight is 520 g/mol. The molecule has 2 aromatic carbocycles. The molecule has 2 amide bonds. The van der Waals surface area contributed by atoms with Gasteiger partial charge in [0.1, 0.15) is 16.7 Å². The molecule has 1 saturated carbocycles. The molecule has 10 heteroatoms. The van der Waals surface area contributed by atoms with Crippen molar-refractivity contribution in [2.24, 2.45) is 0 Å². The van der Waals surface area contributed by atoms with Crippen LogP contribution in [0.5, 0.6) is 5.75 Å². The van der Waals surface area contributed by atoms with Crippen LogP contribution in [0.2, 0.25) is 5.15 Å². The third kappa shape index (κ3) is 5.31. The molecule has 0 spiro atoms. The Balaban J connectivity index is 1.40. The summed E-state index contributed by atoms with van der Waals surface area (Å²) in [7, 11) is 0. The van der Waals surface area contributed by atoms with E-state index < -0.39 is 11.9 Å². The van der Waals surface area contributed by atoms with Gasteiger partial charge in [0, 0.05) is 29.9 Å². The van der Waals surface area contributed by atoms with E-state index in [9.17, 15) is 19.1 Å². The second-order valence-electron chi connectivity index (χ2n) is 8.81. The molecule has 0 bridgehead atoms. The number of nitrogens with one attached hydrogen (secondary N) is 2. The number of aromatic hydroxyl groups is 1. The molecule has 0 radical (unpaired) electrons. The molecule has 1 aliphatic rings. The summed E-state index contributed by atoms with van der Waals surface area (Å²) in [5.41, 5.74) is 2.88. The molecular formula is C27H23ClFN5O3. The van der Waals surface area contributed by atoms with E-state index in [1.807, 2.05) is 0 Å². The van der Waals surface area contributed by atoms with Gasteiger partial charge in [0.05, 0.1) is 17.0 Å². The van der Waals surface area contributed by atoms with E-state index in [2.05, 4.69) is 20.7 Å². The minimum Gasteiger partial charge on any atom is -0.507 e. The molecule has 2 heterocycles. The smallest absolute Gasteiger partial charge is 0.342 e. The molecular weight excluding hydrogens is 497 g/mol. The number of pyridine rings is 1. The minimum atomic E-state index is -0.449. The SMILES string of the molecule is O=C(Nc1ccc(O)c(-c2cc(C3CCC3)n(C(=O)NCc3ccc(F)cc3)n2)c1)c1cccnc1Cl. The van der Waals surface area contributed by atoms with Crippen LogP contribution in [0.1, 0.15) is 46.8 Å². The molecule has 3 N–H and O–H groups in total. The topological polar surface area (TPSA) is 109 Å². The summed E-state index contributed by atoms with van der Waals surface area (Å²) in [4.78, 5) is 29.6. The highest BCUT2D eigenvalue weighted by molar-refractivity contribution is 6.33. The minimum absolute atomic E-state index is 0.0473. The first-order chi connectivity index (χ1) is 17.9. The number of nitrogens with zero attached hydrogens (tertiary/aromatic N) is 3. The maximum Gasteiger partial charge on any atom is 0.342 e. The molecule has 2 aromatic heterocycles. The zero-order valence-electron chi connectivity index (χ0n) is 19.6. The molecule has 37 heavy (non-hydrogen) atoms. The number of rotatable bonds is 6. The first kappa shape index (κ1) is 24.5. The van der Waals surface area contributed by atoms with Crippen molar-refractivity contribution in [1.82, 2.24) is 20.1 Å². The van der Waals surface area contributed by atoms with Gasteiger partial charge in [0.25, 0.3) is 5.91 Å². The number of anilines is 1. The number of amides is 2. The molecule has 5 rings (SSSR count). The number of halogens is 2. The fourth-order valence-electron chi connectivity index (χ4n) is 4.11. The van der Waals surface area contributed by atoms with Crippen LogP contribution in [0.15, 0.2) is 66.9 Å². The maximum atomic E-state index is 13.2. The van der Waals surface area contributed by atoms with E-state index in [4.69, 9.17) is 11.6 Å². The van der Waals surface area contributed by atoms with Crippen molar-refractivity contribution >= 4 is 29.2 Å². The standard InChI is InChI=1S/C27H23ClFN5O3/c28-25-20(5-2-12-30-25)26(36)32-19-10-11-24(35)21(13-19)22-14-23(17-3-1-4-17)34(33-22)27(37)31-15-16-6-8-18(29)9-7-16/h2,5-14,17,35H,1,3-4,15H2,(H,31,37)(H,32,36). The van der Waals surface area contributed by atoms with E-state index in [-0.39, 0.29) is 34.7 Å². The molecule has 1 aliphatic carbocycles. The van der Waals surface area contributed by atoms with Gasteiger partial charge in [0.15, 0.2) is 0 Å². The normalized spacial score (nSPS) is 13.1. The zero-order chi connectivity index (χ0) is 25.9. The number of phenols is 1. The van der Waals surface area contributed by atoms with Crippen molar-refractivity contribution < 1.29 is 19.1 Å². The van der Waals surface area contributed by atoms with Crippen molar-refractivity contribution in [2.75, 3.05) is 5.32 Å². The highest BCUT2D eigenvalue weighted by Crippen LogP contribution is 2.39. The Kier molecular flexibility index (Phi) is 6.87. The quantitative estimate of drug-likeness (QED) is 0.223. The van der Waals surface area contributed by atoms with Crippen LogP contribution in [-0.4, -0.2) is 31.8 Å². The highest BCUT2D eigenvalue weighted by atomic mass is 35.5. The predicted molar refractivity (Wildman–Crippen MR) is 137 cm³/mol. The van der Waals surface area contributed by atoms with Gasteiger partial charge in [0.2, 0.25) is 0 Å². The van der Waals surface area contributed by atoms with E-state index in [1.165, 1.54) is 29.1 Å². The first-order valence-corrected chi connectivity index (χ1v) is 12.1. The molecule has 0 saturated heterocycles. The maximum absolute atomic E-state index is 13.2. The van der Waals surface area contributed by atoms with Gasteiger partial charge in [-0.15, -0.1) is 0 Å². The summed E-state index contributed by atoms with van der Waals surface area (Å²) in [5.74, 6) is -0.666. The summed E-state index contributed by atoms with van der Waals surface area (Å²) >= 11 is 6.03. The van der Waals surface area contributed by atoms with E-state index in [0.717, 1.165) is 30.5 Å². The summed E-state index contributed by atoms with van der Waals surface area (Å²) in [6.45, 7) is 0.210. The Morgan fingerprint density at radius 3 is 2.59 bits per heavy atom. The largest absolute Gasteiger partial charge is 0.507 e. The van der Waals surface area contributed by atoms with Crippen LogP contribution in [0.25, 0.3) is 11.3 Å². The zero-order valence-corrected chi connectivity index (χ0v) is 20.4. The fourth-order valence-corrected chi connectivity index (χ4v) is 4.32. The fraction of sp³-hybridized carbons (Fsp3) is 0.185. The molecule has 8 nitrogen and oxygen atoms in total. The number of phenolic OH excluding ortho intramolecular Hbond substituents is 1. The Hall–Kier alpha value is -4.24. The van der Waals surface area contributed by atoms with Crippen molar-refractivity contribution in [3.63, 3.8) is 0 Å². The molecule has 0 aliphatic heterocycles. The van der Waals surface area contributed by atoms with Crippen LogP contribution < -0.4 is 10.6 Å². The number of carbonyl (C=O) groups is 2. The van der Waals surface area contributed by atoms with Crippen molar-refractivity contribution in [3.8, 4) is 17.0 Å². The van der Waals surface area contributed by atoms with Crippen LogP contribution >= 0.6 is 11.6 Å². The second-order valence-corrected chi connectivity index (χ2v) is 9.17. The monoisotopic (exact) mass is 519 g/mol. The number of hydrogen-bond donors (Lipinski definition) is 3. The highest BCUT2D eigenvalue weighted by Gasteiger charge is 2.27. The van der Waals surface area contributed by atoms with Crippen molar-refractivity contribution in [2.45, 2.75) is 31.7 Å². The summed E-state index contributed by atoms with van der Waals surface area (Å²) in [6.07, 6.45) is 4.42. The lowest BCUT2D eigenvalue weighted by Gasteiger charge is -2.25. The number of aromatic nitrogens is 3. The molecule has 0 unspecified atom stereocenters. The summed E-state index contributed by atoms with van der Waals surface area (Å²) in [6, 6.07) is 15.0. The Morgan fingerprint density at radius 2 is 1.89 bits per heavy atom. The predicted octanol–water partition coefficient (Wildman–Crippen LogP) is 5.72. The molecule has 4 aromatic rings. The number of hydrogen-bond acceptors (Lipinski definition) is 5. The average Bonchev–Trinajstić information content (AvgIpc) is 3.28. The third-order valence-corrected chi connectivity index (χ3v) is 6.65. The lowest BCUT2D eigenvalue weighted by Crippen LogP contribution is -2.31. The third-order valence-electron chi connectivity index (χ3n) is 6.34. The van der Waals surface area contributed by atoms with Gasteiger partial charge in [-0.25, -0.2) is 14.2 Å². The second kappa shape index (κ2) is 10.4. The van der Waals surface area contributed by atoms with Crippen LogP contribution in [0, 0.1) is 5.82 Å². The van der Waals surface area contributed by atoms with Gasteiger partial charge < -0.3 is 15.7 Å². The lowest BCUT2D eigenvalue weighted by atomic mass is 9.82. The van der Waals surface area contributed by atoms with Crippen LogP contribution in [-0.2, 0) is 6.54 Å². The van der Waals surface area contributed by atoms with Crippen LogP contribution in [0.4, 0.5) is 14.9 Å². The van der Waals surface area contributed by atoms with Gasteiger partial charge in [-0.1, -0.05) is 30.2 Å². The Morgan fingerprint density at radius 1 is 1.11 bits per heavy atom. The number of carbonyl (C=O) groups excluding carboxylic acids is 2. The summed E-state index contributed by atoms with van der Waals surface area (Å²) in [5, 5.41) is 20.7. The van der Waals surface area contributed by atoms with Gasteiger partial charge in [-0.05, 0) is 66.9 Å². The number of benzene rings is 2.